The number of cyclic esters (lactones) is 1. The van der Waals surface area contributed by atoms with E-state index in [2.05, 4.69) is 20.9 Å². The van der Waals surface area contributed by atoms with Crippen LogP contribution in [0.4, 0.5) is 5.82 Å². The van der Waals surface area contributed by atoms with Gasteiger partial charge in [0, 0.05) is 45.3 Å². The molecule has 0 radical (unpaired) electrons. The number of carbonyl (C=O) groups is 1. The molecule has 0 amide bonds. The molecule has 7 heteroatoms. The summed E-state index contributed by atoms with van der Waals surface area (Å²) in [6.07, 6.45) is 5.35. The van der Waals surface area contributed by atoms with Crippen molar-refractivity contribution < 1.29 is 14.6 Å². The minimum atomic E-state index is -0.372. The molecule has 7 nitrogen and oxygen atoms in total. The lowest BCUT2D eigenvalue weighted by molar-refractivity contribution is -0.150. The normalized spacial score (nSPS) is 26.1. The van der Waals surface area contributed by atoms with E-state index in [0.29, 0.717) is 5.56 Å². The summed E-state index contributed by atoms with van der Waals surface area (Å²) in [4.78, 5) is 21.5. The molecule has 0 saturated carbocycles. The smallest absolute Gasteiger partial charge is 0.312 e. The lowest BCUT2D eigenvalue weighted by Crippen LogP contribution is -2.43. The Morgan fingerprint density at radius 3 is 2.74 bits per heavy atom. The molecule has 27 heavy (non-hydrogen) atoms. The minimum Gasteiger partial charge on any atom is -0.461 e. The monoisotopic (exact) mass is 370 g/mol. The summed E-state index contributed by atoms with van der Waals surface area (Å²) in [6, 6.07) is 5.65. The van der Waals surface area contributed by atoms with Gasteiger partial charge >= 0.3 is 5.97 Å². The quantitative estimate of drug-likeness (QED) is 0.803. The van der Waals surface area contributed by atoms with Crippen LogP contribution in [0.3, 0.4) is 0 Å². The molecule has 1 atom stereocenters. The predicted octanol–water partition coefficient (Wildman–Crippen LogP) is 1.31. The number of aliphatic hydroxyl groups is 1. The van der Waals surface area contributed by atoms with Gasteiger partial charge in [-0.2, -0.15) is 5.26 Å². The fourth-order valence-electron chi connectivity index (χ4n) is 4.56. The Morgan fingerprint density at radius 2 is 2.04 bits per heavy atom. The van der Waals surface area contributed by atoms with Gasteiger partial charge in [-0.1, -0.05) is 0 Å². The Kier molecular flexibility index (Phi) is 5.02. The highest BCUT2D eigenvalue weighted by atomic mass is 16.6. The van der Waals surface area contributed by atoms with Crippen LogP contribution in [0.25, 0.3) is 0 Å². The third kappa shape index (κ3) is 3.78. The highest BCUT2D eigenvalue weighted by molar-refractivity contribution is 5.79. The van der Waals surface area contributed by atoms with Gasteiger partial charge in [0.15, 0.2) is 0 Å². The van der Waals surface area contributed by atoms with Crippen molar-refractivity contribution >= 4 is 11.8 Å². The van der Waals surface area contributed by atoms with Crippen LogP contribution in [0.1, 0.15) is 37.7 Å². The molecule has 3 aliphatic rings. The molecule has 1 unspecified atom stereocenters. The van der Waals surface area contributed by atoms with E-state index in [4.69, 9.17) is 10.00 Å². The maximum Gasteiger partial charge on any atom is 0.312 e. The van der Waals surface area contributed by atoms with Gasteiger partial charge in [-0.25, -0.2) is 4.98 Å². The number of rotatable bonds is 3. The number of likely N-dealkylation sites (tertiary alicyclic amines) is 1. The zero-order valence-corrected chi connectivity index (χ0v) is 15.5. The van der Waals surface area contributed by atoms with E-state index in [1.54, 1.807) is 18.3 Å². The zero-order valence-electron chi connectivity index (χ0n) is 15.5. The number of hydrogen-bond acceptors (Lipinski definition) is 7. The summed E-state index contributed by atoms with van der Waals surface area (Å²) in [5, 5.41) is 18.7. The molecule has 144 valence electrons. The number of hydrogen-bond donors (Lipinski definition) is 1. The van der Waals surface area contributed by atoms with Crippen LogP contribution in [-0.2, 0) is 9.53 Å². The molecule has 0 bridgehead atoms. The van der Waals surface area contributed by atoms with E-state index in [0.717, 1.165) is 70.6 Å². The van der Waals surface area contributed by atoms with Gasteiger partial charge in [0.05, 0.1) is 23.2 Å². The number of esters is 1. The van der Waals surface area contributed by atoms with E-state index in [-0.39, 0.29) is 23.6 Å². The zero-order chi connectivity index (χ0) is 18.9. The van der Waals surface area contributed by atoms with Crippen molar-refractivity contribution in [3.63, 3.8) is 0 Å². The lowest BCUT2D eigenvalue weighted by atomic mass is 9.76. The second kappa shape index (κ2) is 7.45. The minimum absolute atomic E-state index is 0.0423. The number of pyridine rings is 1. The Morgan fingerprint density at radius 1 is 1.30 bits per heavy atom. The first kappa shape index (κ1) is 18.2. The van der Waals surface area contributed by atoms with Gasteiger partial charge in [0.2, 0.25) is 0 Å². The molecule has 0 aromatic carbocycles. The Balaban J connectivity index is 1.35. The predicted molar refractivity (Wildman–Crippen MR) is 99.0 cm³/mol. The first-order valence-corrected chi connectivity index (χ1v) is 9.81. The molecule has 0 aliphatic carbocycles. The molecule has 1 N–H and O–H groups in total. The van der Waals surface area contributed by atoms with Crippen LogP contribution in [-0.4, -0.2) is 65.9 Å². The van der Waals surface area contributed by atoms with Crippen molar-refractivity contribution in [3.05, 3.63) is 23.9 Å². The second-order valence-electron chi connectivity index (χ2n) is 8.05. The van der Waals surface area contributed by atoms with Gasteiger partial charge < -0.3 is 14.7 Å². The largest absolute Gasteiger partial charge is 0.461 e. The average Bonchev–Trinajstić information content (AvgIpc) is 2.99. The summed E-state index contributed by atoms with van der Waals surface area (Å²) in [5.74, 6) is 0.751. The van der Waals surface area contributed by atoms with E-state index in [1.165, 1.54) is 0 Å². The van der Waals surface area contributed by atoms with Crippen LogP contribution in [0.2, 0.25) is 0 Å². The van der Waals surface area contributed by atoms with Crippen LogP contribution in [0.5, 0.6) is 0 Å². The fourth-order valence-corrected chi connectivity index (χ4v) is 4.56. The average molecular weight is 370 g/mol. The Labute approximate surface area is 159 Å². The molecule has 3 fully saturated rings. The molecule has 1 spiro atoms. The van der Waals surface area contributed by atoms with Gasteiger partial charge in [0.1, 0.15) is 11.9 Å². The summed E-state index contributed by atoms with van der Waals surface area (Å²) in [6.45, 7) is 4.02. The van der Waals surface area contributed by atoms with Crippen LogP contribution in [0.15, 0.2) is 18.3 Å². The number of aromatic nitrogens is 1. The SMILES string of the molecule is N#Cc1ccnc(N2CCC3(CC2)CC(CN2CCC(O)CC2)OC3=O)c1. The number of carbonyl (C=O) groups excluding carboxylic acids is 1. The number of ether oxygens (including phenoxy) is 1. The van der Waals surface area contributed by atoms with Crippen molar-refractivity contribution in [1.82, 2.24) is 9.88 Å². The van der Waals surface area contributed by atoms with Crippen molar-refractivity contribution in [2.75, 3.05) is 37.6 Å². The molecular weight excluding hydrogens is 344 g/mol. The summed E-state index contributed by atoms with van der Waals surface area (Å²) < 4.78 is 5.74. The van der Waals surface area contributed by atoms with Crippen LogP contribution in [0, 0.1) is 16.7 Å². The molecule has 1 aromatic rings. The van der Waals surface area contributed by atoms with Gasteiger partial charge in [-0.3, -0.25) is 9.69 Å². The molecule has 4 heterocycles. The van der Waals surface area contributed by atoms with E-state index in [9.17, 15) is 9.90 Å². The third-order valence-electron chi connectivity index (χ3n) is 6.26. The van der Waals surface area contributed by atoms with E-state index < -0.39 is 0 Å². The van der Waals surface area contributed by atoms with Crippen LogP contribution >= 0.6 is 0 Å². The van der Waals surface area contributed by atoms with Crippen molar-refractivity contribution in [3.8, 4) is 6.07 Å². The van der Waals surface area contributed by atoms with E-state index in [1.807, 2.05) is 0 Å². The van der Waals surface area contributed by atoms with Gasteiger partial charge in [0.25, 0.3) is 0 Å². The summed E-state index contributed by atoms with van der Waals surface area (Å²) in [5.41, 5.74) is 0.232. The number of piperidine rings is 2. The molecule has 3 aliphatic heterocycles. The molecular formula is C20H26N4O3. The summed E-state index contributed by atoms with van der Waals surface area (Å²) >= 11 is 0. The fraction of sp³-hybridized carbons (Fsp3) is 0.650. The van der Waals surface area contributed by atoms with Crippen molar-refractivity contribution in [2.24, 2.45) is 5.41 Å². The number of aliphatic hydroxyl groups excluding tert-OH is 1. The number of anilines is 1. The highest BCUT2D eigenvalue weighted by Crippen LogP contribution is 2.44. The molecule has 3 saturated heterocycles. The lowest BCUT2D eigenvalue weighted by Gasteiger charge is -2.37. The highest BCUT2D eigenvalue weighted by Gasteiger charge is 2.50. The Hall–Kier alpha value is -2.17. The van der Waals surface area contributed by atoms with E-state index >= 15 is 0 Å². The summed E-state index contributed by atoms with van der Waals surface area (Å²) in [7, 11) is 0. The third-order valence-corrected chi connectivity index (χ3v) is 6.26. The molecule has 1 aromatic heterocycles. The Bertz CT molecular complexity index is 731. The second-order valence-corrected chi connectivity index (χ2v) is 8.05. The number of nitriles is 1. The first-order chi connectivity index (χ1) is 13.1. The maximum atomic E-state index is 12.6. The number of nitrogens with zero attached hydrogens (tertiary/aromatic N) is 4. The van der Waals surface area contributed by atoms with Crippen molar-refractivity contribution in [1.29, 1.82) is 5.26 Å². The maximum absolute atomic E-state index is 12.6. The topological polar surface area (TPSA) is 89.7 Å². The standard InChI is InChI=1S/C20H26N4O3/c21-13-15-1-6-22-18(11-15)24-9-4-20(5-10-24)12-17(27-19(20)26)14-23-7-2-16(25)3-8-23/h1,6,11,16-17,25H,2-5,7-10,12,14H2. The van der Waals surface area contributed by atoms with Gasteiger partial charge in [-0.15, -0.1) is 0 Å². The van der Waals surface area contributed by atoms with Gasteiger partial charge in [-0.05, 0) is 37.8 Å². The van der Waals surface area contributed by atoms with Crippen LogP contribution < -0.4 is 4.90 Å². The first-order valence-electron chi connectivity index (χ1n) is 9.81. The molecule has 4 rings (SSSR count). The van der Waals surface area contributed by atoms with Crippen molar-refractivity contribution in [2.45, 2.75) is 44.3 Å².